The average molecular weight is 201 g/mol. The molecule has 1 heteroatoms. The topological polar surface area (TPSA) is 12.0 Å². The SMILES string of the molecule is C=C1C=C(CC)C23CC2(CC)CNC3=C1. The van der Waals surface area contributed by atoms with Crippen LogP contribution in [0.5, 0.6) is 0 Å². The van der Waals surface area contributed by atoms with Crippen LogP contribution in [0.1, 0.15) is 33.1 Å². The van der Waals surface area contributed by atoms with Crippen molar-refractivity contribution >= 4 is 0 Å². The van der Waals surface area contributed by atoms with Crippen LogP contribution in [-0.2, 0) is 0 Å². The number of rotatable bonds is 2. The Morgan fingerprint density at radius 2 is 2.20 bits per heavy atom. The van der Waals surface area contributed by atoms with E-state index in [0.29, 0.717) is 10.8 Å². The molecule has 0 bridgehead atoms. The Morgan fingerprint density at radius 3 is 2.80 bits per heavy atom. The van der Waals surface area contributed by atoms with Crippen LogP contribution in [0.3, 0.4) is 0 Å². The monoisotopic (exact) mass is 201 g/mol. The fraction of sp³-hybridized carbons (Fsp3) is 0.571. The molecule has 1 N–H and O–H groups in total. The lowest BCUT2D eigenvalue weighted by Crippen LogP contribution is -2.18. The van der Waals surface area contributed by atoms with Crippen LogP contribution in [0.2, 0.25) is 0 Å². The zero-order valence-electron chi connectivity index (χ0n) is 9.69. The Kier molecular flexibility index (Phi) is 1.59. The first-order valence-electron chi connectivity index (χ1n) is 6.04. The highest BCUT2D eigenvalue weighted by Gasteiger charge is 2.72. The van der Waals surface area contributed by atoms with Crippen molar-refractivity contribution in [3.63, 3.8) is 0 Å². The third-order valence-electron chi connectivity index (χ3n) is 4.76. The second-order valence-electron chi connectivity index (χ2n) is 5.23. The van der Waals surface area contributed by atoms with Crippen molar-refractivity contribution in [2.75, 3.05) is 6.54 Å². The Labute approximate surface area is 91.9 Å². The Balaban J connectivity index is 2.10. The van der Waals surface area contributed by atoms with Crippen molar-refractivity contribution in [1.29, 1.82) is 0 Å². The number of allylic oxidation sites excluding steroid dienone is 4. The Bertz CT molecular complexity index is 402. The second-order valence-corrected chi connectivity index (χ2v) is 5.23. The largest absolute Gasteiger partial charge is 0.387 e. The second kappa shape index (κ2) is 2.58. The molecule has 0 aromatic rings. The van der Waals surface area contributed by atoms with E-state index in [1.165, 1.54) is 37.1 Å². The van der Waals surface area contributed by atoms with Crippen LogP contribution in [0.25, 0.3) is 0 Å². The first kappa shape index (κ1) is 9.26. The molecule has 15 heavy (non-hydrogen) atoms. The van der Waals surface area contributed by atoms with E-state index in [0.717, 1.165) is 0 Å². The minimum atomic E-state index is 0.400. The standard InChI is InChI=1S/C14H19N/c1-4-11-6-10(3)7-12-14(11)8-13(14,5-2)9-15-12/h6-7,15H,3-5,8-9H2,1-2H3. The van der Waals surface area contributed by atoms with Gasteiger partial charge in [-0.25, -0.2) is 0 Å². The third kappa shape index (κ3) is 0.854. The van der Waals surface area contributed by atoms with Crippen LogP contribution in [0.4, 0.5) is 0 Å². The van der Waals surface area contributed by atoms with Gasteiger partial charge in [-0.2, -0.15) is 0 Å². The quantitative estimate of drug-likeness (QED) is 0.723. The van der Waals surface area contributed by atoms with Gasteiger partial charge in [0.15, 0.2) is 0 Å². The molecule has 1 heterocycles. The zero-order chi connectivity index (χ0) is 10.7. The van der Waals surface area contributed by atoms with Gasteiger partial charge in [-0.3, -0.25) is 0 Å². The molecule has 1 nitrogen and oxygen atoms in total. The van der Waals surface area contributed by atoms with Crippen LogP contribution in [-0.4, -0.2) is 6.54 Å². The van der Waals surface area contributed by atoms with Crippen molar-refractivity contribution < 1.29 is 0 Å². The fourth-order valence-corrected chi connectivity index (χ4v) is 3.80. The summed E-state index contributed by atoms with van der Waals surface area (Å²) in [5.74, 6) is 0. The molecule has 3 rings (SSSR count). The predicted octanol–water partition coefficient (Wildman–Crippen LogP) is 3.17. The van der Waals surface area contributed by atoms with Crippen LogP contribution >= 0.6 is 0 Å². The molecular formula is C14H19N. The molecule has 3 aliphatic rings. The van der Waals surface area contributed by atoms with E-state index in [4.69, 9.17) is 0 Å². The molecular weight excluding hydrogens is 182 g/mol. The van der Waals surface area contributed by atoms with E-state index in [1.54, 1.807) is 5.57 Å². The fourth-order valence-electron chi connectivity index (χ4n) is 3.80. The van der Waals surface area contributed by atoms with Gasteiger partial charge < -0.3 is 5.32 Å². The number of hydrogen-bond donors (Lipinski definition) is 1. The van der Waals surface area contributed by atoms with Crippen molar-refractivity contribution in [2.24, 2.45) is 10.8 Å². The zero-order valence-corrected chi connectivity index (χ0v) is 9.69. The smallest absolute Gasteiger partial charge is 0.0392 e. The summed E-state index contributed by atoms with van der Waals surface area (Å²) < 4.78 is 0. The molecule has 2 aliphatic carbocycles. The number of piperidine rings is 1. The van der Waals surface area contributed by atoms with Crippen molar-refractivity contribution in [3.8, 4) is 0 Å². The minimum Gasteiger partial charge on any atom is -0.387 e. The van der Waals surface area contributed by atoms with Gasteiger partial charge in [0, 0.05) is 23.1 Å². The normalized spacial score (nSPS) is 41.3. The van der Waals surface area contributed by atoms with Crippen molar-refractivity contribution in [1.82, 2.24) is 5.32 Å². The average Bonchev–Trinajstić information content (AvgIpc) is 2.81. The highest BCUT2D eigenvalue weighted by atomic mass is 15.1. The maximum atomic E-state index is 4.08. The lowest BCUT2D eigenvalue weighted by Gasteiger charge is -2.25. The van der Waals surface area contributed by atoms with Gasteiger partial charge in [0.05, 0.1) is 0 Å². The van der Waals surface area contributed by atoms with E-state index < -0.39 is 0 Å². The summed E-state index contributed by atoms with van der Waals surface area (Å²) in [5.41, 5.74) is 5.17. The Morgan fingerprint density at radius 1 is 1.40 bits per heavy atom. The highest BCUT2D eigenvalue weighted by Crippen LogP contribution is 2.76. The van der Waals surface area contributed by atoms with Crippen LogP contribution < -0.4 is 5.32 Å². The van der Waals surface area contributed by atoms with Gasteiger partial charge in [-0.05, 0) is 30.9 Å². The van der Waals surface area contributed by atoms with E-state index in [1.807, 2.05) is 0 Å². The molecule has 0 radical (unpaired) electrons. The van der Waals surface area contributed by atoms with Crippen molar-refractivity contribution in [2.45, 2.75) is 33.1 Å². The highest BCUT2D eigenvalue weighted by molar-refractivity contribution is 5.55. The summed E-state index contributed by atoms with van der Waals surface area (Å²) in [5, 5.41) is 3.59. The minimum absolute atomic E-state index is 0.400. The van der Waals surface area contributed by atoms with Gasteiger partial charge in [0.25, 0.3) is 0 Å². The maximum absolute atomic E-state index is 4.08. The molecule has 2 atom stereocenters. The summed E-state index contributed by atoms with van der Waals surface area (Å²) in [7, 11) is 0. The molecule has 2 unspecified atom stereocenters. The van der Waals surface area contributed by atoms with Gasteiger partial charge in [-0.1, -0.05) is 32.1 Å². The number of hydrogen-bond acceptors (Lipinski definition) is 1. The van der Waals surface area contributed by atoms with Gasteiger partial charge in [0.1, 0.15) is 0 Å². The lowest BCUT2D eigenvalue weighted by molar-refractivity contribution is 0.453. The first-order chi connectivity index (χ1) is 7.18. The summed E-state index contributed by atoms with van der Waals surface area (Å²) in [6.07, 6.45) is 8.39. The molecule has 0 amide bonds. The maximum Gasteiger partial charge on any atom is 0.0392 e. The molecule has 0 aromatic heterocycles. The summed E-state index contributed by atoms with van der Waals surface area (Å²) in [4.78, 5) is 0. The van der Waals surface area contributed by atoms with E-state index in [9.17, 15) is 0 Å². The molecule has 1 saturated carbocycles. The number of nitrogens with one attached hydrogen (secondary N) is 1. The van der Waals surface area contributed by atoms with Gasteiger partial charge >= 0.3 is 0 Å². The summed E-state index contributed by atoms with van der Waals surface area (Å²) >= 11 is 0. The van der Waals surface area contributed by atoms with Gasteiger partial charge in [-0.15, -0.1) is 0 Å². The molecule has 1 spiro atoms. The molecule has 1 aliphatic heterocycles. The van der Waals surface area contributed by atoms with E-state index in [-0.39, 0.29) is 0 Å². The predicted molar refractivity (Wildman–Crippen MR) is 63.4 cm³/mol. The molecule has 2 fully saturated rings. The van der Waals surface area contributed by atoms with Crippen LogP contribution in [0.15, 0.2) is 35.6 Å². The van der Waals surface area contributed by atoms with Crippen molar-refractivity contribution in [3.05, 3.63) is 35.6 Å². The molecule has 80 valence electrons. The molecule has 0 aromatic carbocycles. The first-order valence-corrected chi connectivity index (χ1v) is 6.04. The lowest BCUT2D eigenvalue weighted by atomic mass is 9.79. The van der Waals surface area contributed by atoms with Crippen LogP contribution in [0, 0.1) is 10.8 Å². The van der Waals surface area contributed by atoms with E-state index in [2.05, 4.69) is 37.9 Å². The summed E-state index contributed by atoms with van der Waals surface area (Å²) in [6, 6.07) is 0. The molecule has 1 saturated heterocycles. The third-order valence-corrected chi connectivity index (χ3v) is 4.76. The van der Waals surface area contributed by atoms with Gasteiger partial charge in [0.2, 0.25) is 0 Å². The summed E-state index contributed by atoms with van der Waals surface area (Å²) in [6.45, 7) is 9.85. The Hall–Kier alpha value is -0.980. The van der Waals surface area contributed by atoms with E-state index >= 15 is 0 Å².